The van der Waals surface area contributed by atoms with Crippen LogP contribution in [0.2, 0.25) is 10.0 Å². The topological polar surface area (TPSA) is 38.3 Å². The maximum atomic E-state index is 12.4. The number of hydrogen-bond acceptors (Lipinski definition) is 2. The SMILES string of the molecule is COc1ccc(C(=O)NC2(c3ccc(Cl)cc3Cl)CC2)cc1. The van der Waals surface area contributed by atoms with Crippen molar-refractivity contribution in [2.75, 3.05) is 7.11 Å². The molecule has 2 aromatic rings. The Hall–Kier alpha value is -1.71. The molecule has 0 saturated heterocycles. The normalized spacial score (nSPS) is 15.2. The van der Waals surface area contributed by atoms with Crippen molar-refractivity contribution < 1.29 is 9.53 Å². The van der Waals surface area contributed by atoms with Gasteiger partial charge in [0.15, 0.2) is 0 Å². The quantitative estimate of drug-likeness (QED) is 0.897. The molecule has 1 amide bonds. The van der Waals surface area contributed by atoms with Crippen molar-refractivity contribution in [2.24, 2.45) is 0 Å². The lowest BCUT2D eigenvalue weighted by molar-refractivity contribution is 0.0931. The molecule has 0 unspecified atom stereocenters. The molecule has 1 aliphatic rings. The van der Waals surface area contributed by atoms with E-state index in [0.29, 0.717) is 15.6 Å². The predicted molar refractivity (Wildman–Crippen MR) is 87.8 cm³/mol. The molecule has 0 bridgehead atoms. The zero-order valence-electron chi connectivity index (χ0n) is 12.0. The van der Waals surface area contributed by atoms with Crippen molar-refractivity contribution in [3.05, 3.63) is 63.6 Å². The van der Waals surface area contributed by atoms with Crippen molar-refractivity contribution in [2.45, 2.75) is 18.4 Å². The van der Waals surface area contributed by atoms with E-state index in [1.807, 2.05) is 6.07 Å². The lowest BCUT2D eigenvalue weighted by atomic mass is 10.0. The number of amides is 1. The number of rotatable bonds is 4. The van der Waals surface area contributed by atoms with Crippen LogP contribution >= 0.6 is 23.2 Å². The Morgan fingerprint density at radius 3 is 2.36 bits per heavy atom. The van der Waals surface area contributed by atoms with E-state index in [1.54, 1.807) is 43.5 Å². The molecule has 0 atom stereocenters. The molecule has 1 N–H and O–H groups in total. The van der Waals surface area contributed by atoms with Crippen molar-refractivity contribution in [1.82, 2.24) is 5.32 Å². The van der Waals surface area contributed by atoms with Crippen LogP contribution in [-0.2, 0) is 5.54 Å². The molecule has 2 aromatic carbocycles. The van der Waals surface area contributed by atoms with Gasteiger partial charge in [0, 0.05) is 15.6 Å². The highest BCUT2D eigenvalue weighted by atomic mass is 35.5. The number of ether oxygens (including phenoxy) is 1. The Labute approximate surface area is 139 Å². The van der Waals surface area contributed by atoms with Crippen LogP contribution in [0.3, 0.4) is 0 Å². The third-order valence-electron chi connectivity index (χ3n) is 3.90. The smallest absolute Gasteiger partial charge is 0.251 e. The number of benzene rings is 2. The molecule has 5 heteroatoms. The van der Waals surface area contributed by atoms with E-state index >= 15 is 0 Å². The summed E-state index contributed by atoms with van der Waals surface area (Å²) < 4.78 is 5.10. The lowest BCUT2D eigenvalue weighted by Crippen LogP contribution is -2.35. The number of halogens is 2. The molecule has 22 heavy (non-hydrogen) atoms. The molecule has 0 heterocycles. The maximum Gasteiger partial charge on any atom is 0.251 e. The van der Waals surface area contributed by atoms with Gasteiger partial charge in [-0.15, -0.1) is 0 Å². The summed E-state index contributed by atoms with van der Waals surface area (Å²) in [5.74, 6) is 0.601. The summed E-state index contributed by atoms with van der Waals surface area (Å²) in [4.78, 5) is 12.4. The minimum Gasteiger partial charge on any atom is -0.497 e. The zero-order valence-corrected chi connectivity index (χ0v) is 13.5. The highest BCUT2D eigenvalue weighted by Gasteiger charge is 2.47. The van der Waals surface area contributed by atoms with E-state index in [2.05, 4.69) is 5.32 Å². The first kappa shape index (κ1) is 15.2. The van der Waals surface area contributed by atoms with Gasteiger partial charge < -0.3 is 10.1 Å². The molecule has 0 aliphatic heterocycles. The van der Waals surface area contributed by atoms with Gasteiger partial charge in [-0.3, -0.25) is 4.79 Å². The fraction of sp³-hybridized carbons (Fsp3) is 0.235. The highest BCUT2D eigenvalue weighted by Crippen LogP contribution is 2.48. The fourth-order valence-corrected chi connectivity index (χ4v) is 3.09. The number of carbonyl (C=O) groups excluding carboxylic acids is 1. The molecule has 1 saturated carbocycles. The van der Waals surface area contributed by atoms with Crippen LogP contribution in [0.1, 0.15) is 28.8 Å². The van der Waals surface area contributed by atoms with Crippen LogP contribution in [0.25, 0.3) is 0 Å². The first-order chi connectivity index (χ1) is 10.5. The molecular weight excluding hydrogens is 321 g/mol. The molecule has 0 spiro atoms. The van der Waals surface area contributed by atoms with E-state index in [-0.39, 0.29) is 11.4 Å². The number of nitrogens with one attached hydrogen (secondary N) is 1. The third kappa shape index (κ3) is 2.92. The highest BCUT2D eigenvalue weighted by molar-refractivity contribution is 6.35. The van der Waals surface area contributed by atoms with Gasteiger partial charge in [-0.05, 0) is 54.8 Å². The van der Waals surface area contributed by atoms with Gasteiger partial charge in [-0.1, -0.05) is 29.3 Å². The van der Waals surface area contributed by atoms with Crippen LogP contribution in [0.5, 0.6) is 5.75 Å². The van der Waals surface area contributed by atoms with Crippen LogP contribution in [0, 0.1) is 0 Å². The molecule has 3 rings (SSSR count). The van der Waals surface area contributed by atoms with Gasteiger partial charge in [0.05, 0.1) is 12.6 Å². The summed E-state index contributed by atoms with van der Waals surface area (Å²) in [6.45, 7) is 0. The second kappa shape index (κ2) is 5.82. The maximum absolute atomic E-state index is 12.4. The van der Waals surface area contributed by atoms with Gasteiger partial charge in [0.2, 0.25) is 0 Å². The third-order valence-corrected chi connectivity index (χ3v) is 4.45. The molecule has 1 aliphatic carbocycles. The van der Waals surface area contributed by atoms with E-state index in [1.165, 1.54) is 0 Å². The fourth-order valence-electron chi connectivity index (χ4n) is 2.50. The van der Waals surface area contributed by atoms with Crippen molar-refractivity contribution in [3.63, 3.8) is 0 Å². The van der Waals surface area contributed by atoms with Gasteiger partial charge >= 0.3 is 0 Å². The molecule has 0 radical (unpaired) electrons. The Morgan fingerprint density at radius 1 is 1.14 bits per heavy atom. The minimum absolute atomic E-state index is 0.119. The largest absolute Gasteiger partial charge is 0.497 e. The number of carbonyl (C=O) groups is 1. The Morgan fingerprint density at radius 2 is 1.82 bits per heavy atom. The average Bonchev–Trinajstić information content (AvgIpc) is 3.27. The van der Waals surface area contributed by atoms with Crippen LogP contribution in [0.4, 0.5) is 0 Å². The van der Waals surface area contributed by atoms with Gasteiger partial charge in [-0.2, -0.15) is 0 Å². The van der Waals surface area contributed by atoms with Gasteiger partial charge in [0.1, 0.15) is 5.75 Å². The van der Waals surface area contributed by atoms with E-state index in [4.69, 9.17) is 27.9 Å². The van der Waals surface area contributed by atoms with E-state index in [9.17, 15) is 4.79 Å². The molecule has 0 aromatic heterocycles. The standard InChI is InChI=1S/C17H15Cl2NO2/c1-22-13-5-2-11(3-6-13)16(21)20-17(8-9-17)14-7-4-12(18)10-15(14)19/h2-7,10H,8-9H2,1H3,(H,20,21). The van der Waals surface area contributed by atoms with Gasteiger partial charge in [-0.25, -0.2) is 0 Å². The Bertz CT molecular complexity index is 709. The molecule has 1 fully saturated rings. The molecular formula is C17H15Cl2NO2. The predicted octanol–water partition coefficient (Wildman–Crippen LogP) is 4.42. The first-order valence-corrected chi connectivity index (χ1v) is 7.72. The second-order valence-corrected chi connectivity index (χ2v) is 6.23. The van der Waals surface area contributed by atoms with Crippen LogP contribution in [0.15, 0.2) is 42.5 Å². The summed E-state index contributed by atoms with van der Waals surface area (Å²) in [5.41, 5.74) is 1.14. The first-order valence-electron chi connectivity index (χ1n) is 6.96. The summed E-state index contributed by atoms with van der Waals surface area (Å²) in [5, 5.41) is 4.26. The van der Waals surface area contributed by atoms with Gasteiger partial charge in [0.25, 0.3) is 5.91 Å². The van der Waals surface area contributed by atoms with Crippen molar-refractivity contribution in [3.8, 4) is 5.75 Å². The zero-order chi connectivity index (χ0) is 15.7. The summed E-state index contributed by atoms with van der Waals surface area (Å²) >= 11 is 12.2. The molecule has 114 valence electrons. The molecule has 3 nitrogen and oxygen atoms in total. The summed E-state index contributed by atoms with van der Waals surface area (Å²) in [6.07, 6.45) is 1.74. The average molecular weight is 336 g/mol. The summed E-state index contributed by atoms with van der Waals surface area (Å²) in [6, 6.07) is 12.4. The minimum atomic E-state index is -0.376. The summed E-state index contributed by atoms with van der Waals surface area (Å²) in [7, 11) is 1.59. The van der Waals surface area contributed by atoms with Crippen LogP contribution < -0.4 is 10.1 Å². The number of methoxy groups -OCH3 is 1. The van der Waals surface area contributed by atoms with Crippen molar-refractivity contribution >= 4 is 29.1 Å². The second-order valence-electron chi connectivity index (χ2n) is 5.39. The lowest BCUT2D eigenvalue weighted by Gasteiger charge is -2.19. The monoisotopic (exact) mass is 335 g/mol. The Balaban J connectivity index is 1.80. The van der Waals surface area contributed by atoms with Crippen molar-refractivity contribution in [1.29, 1.82) is 0 Å². The van der Waals surface area contributed by atoms with Crippen LogP contribution in [-0.4, -0.2) is 13.0 Å². The van der Waals surface area contributed by atoms with E-state index in [0.717, 1.165) is 24.2 Å². The number of hydrogen-bond donors (Lipinski definition) is 1. The Kier molecular flexibility index (Phi) is 4.02. The van der Waals surface area contributed by atoms with E-state index < -0.39 is 0 Å².